The van der Waals surface area contributed by atoms with E-state index in [1.165, 1.54) is 0 Å². The molecule has 0 radical (unpaired) electrons. The lowest BCUT2D eigenvalue weighted by Crippen LogP contribution is -2.38. The second-order valence-corrected chi connectivity index (χ2v) is 6.03. The van der Waals surface area contributed by atoms with E-state index in [0.29, 0.717) is 0 Å². The lowest BCUT2D eigenvalue weighted by atomic mass is 9.97. The molecule has 1 N–H and O–H groups in total. The minimum Gasteiger partial charge on any atom is -0.457 e. The average molecular weight is 310 g/mol. The minimum absolute atomic E-state index is 0.0778. The van der Waals surface area contributed by atoms with E-state index in [9.17, 15) is 4.79 Å². The lowest BCUT2D eigenvalue weighted by Gasteiger charge is -2.28. The molecular formula is C19H22N2O2. The summed E-state index contributed by atoms with van der Waals surface area (Å²) < 4.78 is 5.75. The first-order chi connectivity index (χ1) is 11.2. The number of hydrogen-bond acceptors (Lipinski definition) is 3. The summed E-state index contributed by atoms with van der Waals surface area (Å²) in [6.45, 7) is 1.91. The molecule has 1 unspecified atom stereocenters. The molecule has 0 aliphatic carbocycles. The van der Waals surface area contributed by atoms with Crippen LogP contribution in [-0.4, -0.2) is 30.9 Å². The Bertz CT molecular complexity index is 640. The molecule has 1 aliphatic rings. The first-order valence-corrected chi connectivity index (χ1v) is 8.03. The van der Waals surface area contributed by atoms with Crippen LogP contribution in [0.4, 0.5) is 5.69 Å². The molecule has 0 bridgehead atoms. The fourth-order valence-electron chi connectivity index (χ4n) is 2.86. The van der Waals surface area contributed by atoms with Gasteiger partial charge in [-0.25, -0.2) is 0 Å². The quantitative estimate of drug-likeness (QED) is 0.935. The molecule has 0 aromatic heterocycles. The van der Waals surface area contributed by atoms with Crippen LogP contribution in [0.15, 0.2) is 54.6 Å². The number of nitrogens with one attached hydrogen (secondary N) is 1. The number of carbonyl (C=O) groups excluding carboxylic acids is 1. The number of likely N-dealkylation sites (tertiary alicyclic amines) is 1. The van der Waals surface area contributed by atoms with E-state index in [0.717, 1.165) is 43.1 Å². The standard InChI is InChI=1S/C19H22N2O2/c1-21-13-5-6-15(14-21)19(22)20-16-9-11-18(12-10-16)23-17-7-3-2-4-8-17/h2-4,7-12,15H,5-6,13-14H2,1H3,(H,20,22). The average Bonchev–Trinajstić information content (AvgIpc) is 2.57. The molecule has 4 nitrogen and oxygen atoms in total. The topological polar surface area (TPSA) is 41.6 Å². The molecule has 1 saturated heterocycles. The van der Waals surface area contributed by atoms with Gasteiger partial charge in [-0.1, -0.05) is 18.2 Å². The van der Waals surface area contributed by atoms with E-state index in [4.69, 9.17) is 4.74 Å². The van der Waals surface area contributed by atoms with E-state index in [2.05, 4.69) is 17.3 Å². The Balaban J connectivity index is 1.58. The molecule has 1 heterocycles. The summed E-state index contributed by atoms with van der Waals surface area (Å²) in [5, 5.41) is 3.00. The van der Waals surface area contributed by atoms with Crippen LogP contribution in [0.25, 0.3) is 0 Å². The molecule has 2 aromatic carbocycles. The van der Waals surface area contributed by atoms with Crippen molar-refractivity contribution >= 4 is 11.6 Å². The van der Waals surface area contributed by atoms with Gasteiger partial charge < -0.3 is 15.0 Å². The largest absolute Gasteiger partial charge is 0.457 e. The van der Waals surface area contributed by atoms with E-state index in [1.54, 1.807) is 0 Å². The maximum atomic E-state index is 12.3. The zero-order valence-corrected chi connectivity index (χ0v) is 13.4. The smallest absolute Gasteiger partial charge is 0.228 e. The monoisotopic (exact) mass is 310 g/mol. The van der Waals surface area contributed by atoms with Crippen molar-refractivity contribution < 1.29 is 9.53 Å². The molecule has 120 valence electrons. The van der Waals surface area contributed by atoms with Crippen LogP contribution in [0.2, 0.25) is 0 Å². The van der Waals surface area contributed by atoms with Gasteiger partial charge in [-0.15, -0.1) is 0 Å². The third-order valence-corrected chi connectivity index (χ3v) is 4.10. The maximum Gasteiger partial charge on any atom is 0.228 e. The number of carbonyl (C=O) groups is 1. The number of para-hydroxylation sites is 1. The number of rotatable bonds is 4. The van der Waals surface area contributed by atoms with Crippen molar-refractivity contribution in [1.29, 1.82) is 0 Å². The summed E-state index contributed by atoms with van der Waals surface area (Å²) in [4.78, 5) is 14.5. The van der Waals surface area contributed by atoms with Gasteiger partial charge in [-0.05, 0) is 62.8 Å². The number of amides is 1. The van der Waals surface area contributed by atoms with Gasteiger partial charge in [0.25, 0.3) is 0 Å². The zero-order chi connectivity index (χ0) is 16.1. The molecule has 23 heavy (non-hydrogen) atoms. The highest BCUT2D eigenvalue weighted by Gasteiger charge is 2.23. The SMILES string of the molecule is CN1CCCC(C(=O)Nc2ccc(Oc3ccccc3)cc2)C1. The lowest BCUT2D eigenvalue weighted by molar-refractivity contribution is -0.121. The Morgan fingerprint density at radius 3 is 2.48 bits per heavy atom. The van der Waals surface area contributed by atoms with E-state index in [1.807, 2.05) is 54.6 Å². The van der Waals surface area contributed by atoms with Gasteiger partial charge in [-0.3, -0.25) is 4.79 Å². The van der Waals surface area contributed by atoms with Crippen molar-refractivity contribution in [2.45, 2.75) is 12.8 Å². The first-order valence-electron chi connectivity index (χ1n) is 8.03. The number of hydrogen-bond donors (Lipinski definition) is 1. The third-order valence-electron chi connectivity index (χ3n) is 4.10. The summed E-state index contributed by atoms with van der Waals surface area (Å²) in [6, 6.07) is 17.1. The van der Waals surface area contributed by atoms with Gasteiger partial charge in [-0.2, -0.15) is 0 Å². The predicted octanol–water partition coefficient (Wildman–Crippen LogP) is 3.76. The normalized spacial score (nSPS) is 18.4. The fourth-order valence-corrected chi connectivity index (χ4v) is 2.86. The molecule has 1 fully saturated rings. The highest BCUT2D eigenvalue weighted by molar-refractivity contribution is 5.92. The number of nitrogens with zero attached hydrogens (tertiary/aromatic N) is 1. The van der Waals surface area contributed by atoms with Crippen LogP contribution in [0.3, 0.4) is 0 Å². The highest BCUT2D eigenvalue weighted by Crippen LogP contribution is 2.23. The molecule has 0 saturated carbocycles. The van der Waals surface area contributed by atoms with Crippen molar-refractivity contribution in [1.82, 2.24) is 4.90 Å². The van der Waals surface area contributed by atoms with Gasteiger partial charge in [0, 0.05) is 12.2 Å². The van der Waals surface area contributed by atoms with Crippen LogP contribution in [0.5, 0.6) is 11.5 Å². The molecule has 0 spiro atoms. The molecule has 4 heteroatoms. The maximum absolute atomic E-state index is 12.3. The van der Waals surface area contributed by atoms with Crippen LogP contribution in [0.1, 0.15) is 12.8 Å². The van der Waals surface area contributed by atoms with Gasteiger partial charge >= 0.3 is 0 Å². The number of anilines is 1. The Hall–Kier alpha value is -2.33. The number of piperidine rings is 1. The van der Waals surface area contributed by atoms with Crippen molar-refractivity contribution in [2.75, 3.05) is 25.5 Å². The summed E-state index contributed by atoms with van der Waals surface area (Å²) in [6.07, 6.45) is 2.05. The molecule has 3 rings (SSSR count). The fraction of sp³-hybridized carbons (Fsp3) is 0.316. The second kappa shape index (κ2) is 7.29. The van der Waals surface area contributed by atoms with Gasteiger partial charge in [0.1, 0.15) is 11.5 Å². The van der Waals surface area contributed by atoms with Crippen molar-refractivity contribution in [2.24, 2.45) is 5.92 Å². The summed E-state index contributed by atoms with van der Waals surface area (Å²) in [5.41, 5.74) is 0.809. The van der Waals surface area contributed by atoms with Crippen LogP contribution >= 0.6 is 0 Å². The molecule has 2 aromatic rings. The van der Waals surface area contributed by atoms with E-state index in [-0.39, 0.29) is 11.8 Å². The van der Waals surface area contributed by atoms with Crippen LogP contribution in [-0.2, 0) is 4.79 Å². The van der Waals surface area contributed by atoms with E-state index >= 15 is 0 Å². The number of ether oxygens (including phenoxy) is 1. The van der Waals surface area contributed by atoms with Crippen LogP contribution < -0.4 is 10.1 Å². The number of benzene rings is 2. The van der Waals surface area contributed by atoms with E-state index < -0.39 is 0 Å². The molecule has 1 aliphatic heterocycles. The Morgan fingerprint density at radius 2 is 1.78 bits per heavy atom. The zero-order valence-electron chi connectivity index (χ0n) is 13.4. The first kappa shape index (κ1) is 15.6. The third kappa shape index (κ3) is 4.33. The Morgan fingerprint density at radius 1 is 1.09 bits per heavy atom. The van der Waals surface area contributed by atoms with Gasteiger partial charge in [0.15, 0.2) is 0 Å². The Kier molecular flexibility index (Phi) is 4.93. The molecule has 1 amide bonds. The summed E-state index contributed by atoms with van der Waals surface area (Å²) in [5.74, 6) is 1.74. The minimum atomic E-state index is 0.0778. The summed E-state index contributed by atoms with van der Waals surface area (Å²) in [7, 11) is 2.06. The predicted molar refractivity (Wildman–Crippen MR) is 91.8 cm³/mol. The molecule has 1 atom stereocenters. The summed E-state index contributed by atoms with van der Waals surface area (Å²) >= 11 is 0. The second-order valence-electron chi connectivity index (χ2n) is 6.03. The van der Waals surface area contributed by atoms with Gasteiger partial charge in [0.05, 0.1) is 5.92 Å². The van der Waals surface area contributed by atoms with Crippen molar-refractivity contribution in [3.63, 3.8) is 0 Å². The van der Waals surface area contributed by atoms with Crippen LogP contribution in [0, 0.1) is 5.92 Å². The molecular weight excluding hydrogens is 288 g/mol. The van der Waals surface area contributed by atoms with Crippen molar-refractivity contribution in [3.05, 3.63) is 54.6 Å². The highest BCUT2D eigenvalue weighted by atomic mass is 16.5. The Labute approximate surface area is 137 Å². The van der Waals surface area contributed by atoms with Gasteiger partial charge in [0.2, 0.25) is 5.91 Å². The van der Waals surface area contributed by atoms with Crippen molar-refractivity contribution in [3.8, 4) is 11.5 Å².